The van der Waals surface area contributed by atoms with Gasteiger partial charge < -0.3 is 5.11 Å². The van der Waals surface area contributed by atoms with Crippen molar-refractivity contribution in [3.63, 3.8) is 0 Å². The molecule has 3 heterocycles. The topological polar surface area (TPSA) is 199 Å². The molecule has 3 aliphatic rings. The Morgan fingerprint density at radius 3 is 2.40 bits per heavy atom. The summed E-state index contributed by atoms with van der Waals surface area (Å²) in [5.41, 5.74) is 3.20. The molecule has 2 amide bonds. The third kappa shape index (κ3) is 8.46. The first-order chi connectivity index (χ1) is 20.9. The number of allylic oxidation sites excluding steroid dienone is 3. The summed E-state index contributed by atoms with van der Waals surface area (Å²) in [5, 5.41) is 7.48. The first-order valence-electron chi connectivity index (χ1n) is 13.2. The number of thioether (sulfide) groups is 1. The quantitative estimate of drug-likeness (QED) is 0.124. The number of carbonyl (C=O) groups excluding carboxylic acids is 2. The number of nitrogens with zero attached hydrogens (tertiary/aromatic N) is 3. The summed E-state index contributed by atoms with van der Waals surface area (Å²) in [4.78, 5) is 40.9. The predicted molar refractivity (Wildman–Crippen MR) is 171 cm³/mol. The van der Waals surface area contributed by atoms with E-state index in [1.165, 1.54) is 3.61 Å². The van der Waals surface area contributed by atoms with Crippen molar-refractivity contribution in [2.24, 2.45) is 5.92 Å². The fraction of sp³-hybridized carbons (Fsp3) is 0.385. The average molecular weight is 815 g/mol. The van der Waals surface area contributed by atoms with Crippen LogP contribution in [0.5, 0.6) is 0 Å². The summed E-state index contributed by atoms with van der Waals surface area (Å²) in [6, 6.07) is 4.18. The third-order valence-corrected chi connectivity index (χ3v) is 13.3. The van der Waals surface area contributed by atoms with Gasteiger partial charge in [0.1, 0.15) is 0 Å². The van der Waals surface area contributed by atoms with Crippen LogP contribution in [0.25, 0.3) is 0 Å². The maximum atomic E-state index is 13.4. The van der Waals surface area contributed by atoms with Crippen molar-refractivity contribution < 1.29 is 50.2 Å². The van der Waals surface area contributed by atoms with Gasteiger partial charge in [0.2, 0.25) is 0 Å². The van der Waals surface area contributed by atoms with Gasteiger partial charge in [0.15, 0.2) is 0 Å². The molecule has 0 saturated carbocycles. The van der Waals surface area contributed by atoms with Crippen molar-refractivity contribution in [2.75, 3.05) is 29.6 Å². The number of thiocarbonyl (C=S) groups is 1. The number of hydrogen-bond donors (Lipinski definition) is 3. The molecule has 0 spiro atoms. The van der Waals surface area contributed by atoms with E-state index >= 15 is 0 Å². The molecule has 45 heavy (non-hydrogen) atoms. The van der Waals surface area contributed by atoms with E-state index in [0.717, 1.165) is 32.3 Å². The molecule has 3 N–H and O–H groups in total. The molecule has 244 valence electrons. The molecule has 1 aromatic rings. The number of ether oxygens (including phenoxy) is 1. The van der Waals surface area contributed by atoms with E-state index in [1.807, 2.05) is 24.8 Å². The number of carboxylic acid groups (broad SMARTS) is 1. The van der Waals surface area contributed by atoms with Crippen LogP contribution in [0.1, 0.15) is 24.5 Å². The summed E-state index contributed by atoms with van der Waals surface area (Å²) >= 11 is 4.93. The van der Waals surface area contributed by atoms with Crippen LogP contribution < -0.4 is 8.51 Å². The molecule has 2 atom stereocenters. The number of aryl methyl sites for hydroxylation is 2. The van der Waals surface area contributed by atoms with Gasteiger partial charge in [-0.3, -0.25) is 4.79 Å². The van der Waals surface area contributed by atoms with Gasteiger partial charge in [-0.15, -0.1) is 0 Å². The first-order valence-corrected chi connectivity index (χ1v) is 20.0. The summed E-state index contributed by atoms with van der Waals surface area (Å²) in [6.45, 7) is 5.27. The van der Waals surface area contributed by atoms with Gasteiger partial charge in [-0.1, -0.05) is 0 Å². The minimum atomic E-state index is -4.73. The molecule has 2 saturated heterocycles. The second-order valence-corrected chi connectivity index (χ2v) is 17.9. The molecule has 0 radical (unpaired) electrons. The first kappa shape index (κ1) is 35.4. The van der Waals surface area contributed by atoms with Gasteiger partial charge in [-0.05, 0) is 0 Å². The van der Waals surface area contributed by atoms with Gasteiger partial charge in [-0.25, -0.2) is 0 Å². The molecule has 2 unspecified atom stereocenters. The Morgan fingerprint density at radius 1 is 1.11 bits per heavy atom. The van der Waals surface area contributed by atoms with E-state index in [1.54, 1.807) is 19.1 Å². The Balaban J connectivity index is 1.59. The monoisotopic (exact) mass is 817 g/mol. The van der Waals surface area contributed by atoms with Crippen LogP contribution in [0.2, 0.25) is 0 Å². The molecule has 0 bridgehead atoms. The van der Waals surface area contributed by atoms with Gasteiger partial charge in [0.25, 0.3) is 0 Å². The van der Waals surface area contributed by atoms with E-state index in [4.69, 9.17) is 22.1 Å². The Kier molecular flexibility index (Phi) is 10.8. The van der Waals surface area contributed by atoms with Crippen LogP contribution in [-0.4, -0.2) is 115 Å². The Bertz CT molecular complexity index is 1770. The van der Waals surface area contributed by atoms with Gasteiger partial charge >= 0.3 is 271 Å². The normalized spacial score (nSPS) is 22.2. The molecular weight excluding hydrogens is 786 g/mol. The number of rotatable bonds is 11. The third-order valence-electron chi connectivity index (χ3n) is 6.88. The van der Waals surface area contributed by atoms with E-state index in [0.29, 0.717) is 16.3 Å². The number of amides is 2. The number of carboxylic acids is 1. The minimum absolute atomic E-state index is 0.206. The molecule has 19 heteroatoms. The number of benzene rings is 1. The van der Waals surface area contributed by atoms with E-state index < -0.39 is 93.5 Å². The standard InChI is InChI=1S/C26H29N3O11S4Te/c1-14(6-4-7-19-27(8-5-9-43(34,35)36)17-10-15(2)16(3)11-18(17)45-19)22-24(33)29(13-44(37,38)39)25(42-22)21-23(32)28(12-20(30)31)26(41)40-21/h4,6-7,10-11,14,22H,5,8-9,12-13H2,1-3H3,(H,30,31)(H,34,35,36)(H,37,38,39)/b6-4?,19-7?,25-21+. The van der Waals surface area contributed by atoms with Crippen LogP contribution in [0, 0.1) is 19.8 Å². The number of anilines is 1. The van der Waals surface area contributed by atoms with Crippen LogP contribution in [0.15, 0.2) is 44.9 Å². The molecule has 2 fully saturated rings. The number of aliphatic carboxylic acids is 1. The second-order valence-electron chi connectivity index (χ2n) is 10.3. The molecule has 14 nitrogen and oxygen atoms in total. The van der Waals surface area contributed by atoms with Crippen molar-refractivity contribution in [2.45, 2.75) is 32.4 Å². The van der Waals surface area contributed by atoms with Crippen LogP contribution in [0.3, 0.4) is 0 Å². The summed E-state index contributed by atoms with van der Waals surface area (Å²) in [6.07, 6.45) is 5.56. The van der Waals surface area contributed by atoms with Crippen molar-refractivity contribution in [3.8, 4) is 0 Å². The SMILES string of the molecule is Cc1cc2c(cc1C)N(CCCS(=O)(=O)O)C(=CC=CC(C)C1S/C(=C3/OC(=S)N(CC(=O)O)C3=O)N(CS(=O)(=O)O)C1=O)[Te]2. The number of hydrogen-bond acceptors (Lipinski definition) is 11. The molecule has 1 aromatic carbocycles. The van der Waals surface area contributed by atoms with E-state index in [9.17, 15) is 40.3 Å². The van der Waals surface area contributed by atoms with Gasteiger partial charge in [-0.2, -0.15) is 0 Å². The summed E-state index contributed by atoms with van der Waals surface area (Å²) < 4.78 is 72.3. The van der Waals surface area contributed by atoms with Crippen molar-refractivity contribution in [1.29, 1.82) is 0 Å². The van der Waals surface area contributed by atoms with Crippen LogP contribution in [-0.2, 0) is 39.4 Å². The number of carbonyl (C=O) groups is 3. The Morgan fingerprint density at radius 2 is 1.78 bits per heavy atom. The molecule has 0 aliphatic carbocycles. The summed E-state index contributed by atoms with van der Waals surface area (Å²) in [5.74, 6) is -5.62. The fourth-order valence-electron chi connectivity index (χ4n) is 4.61. The molecular formula is C26H29N3O11S4Te. The number of fused-ring (bicyclic) bond motifs is 1. The molecule has 0 aromatic heterocycles. The van der Waals surface area contributed by atoms with E-state index in [2.05, 4.69) is 12.1 Å². The molecule has 4 rings (SSSR count). The van der Waals surface area contributed by atoms with Crippen molar-refractivity contribution in [3.05, 3.63) is 56.0 Å². The Hall–Kier alpha value is -2.50. The Labute approximate surface area is 279 Å². The molecule has 3 aliphatic heterocycles. The summed E-state index contributed by atoms with van der Waals surface area (Å²) in [7, 11) is -8.85. The fourth-order valence-corrected chi connectivity index (χ4v) is 10.7. The second kappa shape index (κ2) is 13.7. The zero-order chi connectivity index (χ0) is 33.4. The van der Waals surface area contributed by atoms with Gasteiger partial charge in [0, 0.05) is 0 Å². The van der Waals surface area contributed by atoms with Crippen molar-refractivity contribution >= 4 is 97.4 Å². The predicted octanol–water partition coefficient (Wildman–Crippen LogP) is 0.951. The van der Waals surface area contributed by atoms with Gasteiger partial charge in [0.05, 0.1) is 0 Å². The van der Waals surface area contributed by atoms with E-state index in [-0.39, 0.29) is 17.2 Å². The zero-order valence-electron chi connectivity index (χ0n) is 24.1. The zero-order valence-corrected chi connectivity index (χ0v) is 29.7. The average Bonchev–Trinajstić information content (AvgIpc) is 3.49. The van der Waals surface area contributed by atoms with Crippen LogP contribution in [0.4, 0.5) is 5.69 Å². The van der Waals surface area contributed by atoms with Crippen LogP contribution >= 0.6 is 24.0 Å². The van der Waals surface area contributed by atoms with Crippen molar-refractivity contribution in [1.82, 2.24) is 9.80 Å². The maximum absolute atomic E-state index is 13.4.